The normalized spacial score (nSPS) is 15.8. The summed E-state index contributed by atoms with van der Waals surface area (Å²) in [5.74, 6) is 0.646. The third kappa shape index (κ3) is 3.35. The number of fused-ring (bicyclic) bond motifs is 1. The van der Waals surface area contributed by atoms with Crippen LogP contribution in [0.2, 0.25) is 0 Å². The first-order valence-electron chi connectivity index (χ1n) is 8.71. The molecule has 4 rings (SSSR count). The predicted molar refractivity (Wildman–Crippen MR) is 94.2 cm³/mol. The van der Waals surface area contributed by atoms with Crippen molar-refractivity contribution in [3.05, 3.63) is 54.1 Å². The van der Waals surface area contributed by atoms with Gasteiger partial charge in [0.1, 0.15) is 5.52 Å². The van der Waals surface area contributed by atoms with Gasteiger partial charge in [-0.3, -0.25) is 4.84 Å². The maximum atomic E-state index is 5.90. The Morgan fingerprint density at radius 3 is 2.67 bits per heavy atom. The molecule has 4 heteroatoms. The standard InChI is InChI=1S/C20H22N2O2/c1-2-9-16(10-3-1)22-23-14-15-8-4-5-11-17(15)20-21-18-12-6-7-13-19(18)24-20/h4-8,11-13,16,22H,1-3,9-10,14H2. The van der Waals surface area contributed by atoms with Crippen LogP contribution in [-0.4, -0.2) is 11.0 Å². The number of oxazole rings is 1. The van der Waals surface area contributed by atoms with E-state index in [0.717, 1.165) is 22.2 Å². The molecule has 1 saturated carbocycles. The quantitative estimate of drug-likeness (QED) is 0.682. The molecule has 2 aromatic carbocycles. The van der Waals surface area contributed by atoms with Gasteiger partial charge < -0.3 is 4.42 Å². The Bertz CT molecular complexity index is 773. The summed E-state index contributed by atoms with van der Waals surface area (Å²) in [5.41, 5.74) is 6.97. The molecule has 1 aromatic heterocycles. The number of aromatic nitrogens is 1. The molecular formula is C20H22N2O2. The maximum absolute atomic E-state index is 5.90. The molecule has 0 atom stereocenters. The highest BCUT2D eigenvalue weighted by Gasteiger charge is 2.15. The van der Waals surface area contributed by atoms with Gasteiger partial charge >= 0.3 is 0 Å². The minimum Gasteiger partial charge on any atom is -0.436 e. The van der Waals surface area contributed by atoms with Gasteiger partial charge in [-0.25, -0.2) is 4.98 Å². The lowest BCUT2D eigenvalue weighted by atomic mass is 9.96. The Balaban J connectivity index is 1.49. The number of hydrogen-bond acceptors (Lipinski definition) is 4. The van der Waals surface area contributed by atoms with Crippen LogP contribution in [0.1, 0.15) is 37.7 Å². The third-order valence-corrected chi connectivity index (χ3v) is 4.62. The number of nitrogens with zero attached hydrogens (tertiary/aromatic N) is 1. The molecule has 4 nitrogen and oxygen atoms in total. The number of nitrogens with one attached hydrogen (secondary N) is 1. The van der Waals surface area contributed by atoms with E-state index >= 15 is 0 Å². The summed E-state index contributed by atoms with van der Waals surface area (Å²) < 4.78 is 5.90. The Morgan fingerprint density at radius 2 is 1.79 bits per heavy atom. The first-order valence-corrected chi connectivity index (χ1v) is 8.71. The largest absolute Gasteiger partial charge is 0.436 e. The first kappa shape index (κ1) is 15.4. The Hall–Kier alpha value is -2.17. The van der Waals surface area contributed by atoms with Crippen molar-refractivity contribution in [2.75, 3.05) is 0 Å². The predicted octanol–water partition coefficient (Wildman–Crippen LogP) is 4.85. The lowest BCUT2D eigenvalue weighted by Gasteiger charge is -2.22. The highest BCUT2D eigenvalue weighted by Crippen LogP contribution is 2.27. The highest BCUT2D eigenvalue weighted by atomic mass is 16.6. The first-order chi connectivity index (χ1) is 11.9. The van der Waals surface area contributed by atoms with Gasteiger partial charge in [-0.05, 0) is 36.6 Å². The van der Waals surface area contributed by atoms with E-state index in [-0.39, 0.29) is 0 Å². The molecule has 0 aliphatic heterocycles. The second kappa shape index (κ2) is 7.16. The van der Waals surface area contributed by atoms with Crippen LogP contribution in [-0.2, 0) is 11.4 Å². The fourth-order valence-corrected chi connectivity index (χ4v) is 3.30. The maximum Gasteiger partial charge on any atom is 0.227 e. The van der Waals surface area contributed by atoms with E-state index in [2.05, 4.69) is 16.5 Å². The van der Waals surface area contributed by atoms with Crippen LogP contribution in [0, 0.1) is 0 Å². The van der Waals surface area contributed by atoms with Gasteiger partial charge in [0.2, 0.25) is 5.89 Å². The number of benzene rings is 2. The molecule has 1 aliphatic rings. The van der Waals surface area contributed by atoms with Gasteiger partial charge in [-0.2, -0.15) is 5.48 Å². The zero-order valence-corrected chi connectivity index (χ0v) is 13.7. The Morgan fingerprint density at radius 1 is 1.00 bits per heavy atom. The highest BCUT2D eigenvalue weighted by molar-refractivity contribution is 5.76. The number of para-hydroxylation sites is 2. The molecular weight excluding hydrogens is 300 g/mol. The summed E-state index contributed by atoms with van der Waals surface area (Å²) in [7, 11) is 0. The van der Waals surface area contributed by atoms with E-state index in [1.54, 1.807) is 0 Å². The summed E-state index contributed by atoms with van der Waals surface area (Å²) in [6.07, 6.45) is 6.33. The van der Waals surface area contributed by atoms with Crippen LogP contribution in [0.15, 0.2) is 52.9 Å². The van der Waals surface area contributed by atoms with Gasteiger partial charge in [0.15, 0.2) is 5.58 Å². The minimum absolute atomic E-state index is 0.482. The van der Waals surface area contributed by atoms with Crippen LogP contribution in [0.4, 0.5) is 0 Å². The summed E-state index contributed by atoms with van der Waals surface area (Å²) in [4.78, 5) is 10.4. The Labute approximate surface area is 141 Å². The number of hydroxylamine groups is 1. The summed E-state index contributed by atoms with van der Waals surface area (Å²) >= 11 is 0. The molecule has 1 heterocycles. The average Bonchev–Trinajstić information content (AvgIpc) is 3.07. The molecule has 0 radical (unpaired) electrons. The van der Waals surface area contributed by atoms with Crippen LogP contribution in [0.5, 0.6) is 0 Å². The molecule has 0 unspecified atom stereocenters. The fourth-order valence-electron chi connectivity index (χ4n) is 3.30. The van der Waals surface area contributed by atoms with Crippen molar-refractivity contribution in [2.24, 2.45) is 0 Å². The van der Waals surface area contributed by atoms with Gasteiger partial charge in [0, 0.05) is 11.6 Å². The van der Waals surface area contributed by atoms with Gasteiger partial charge in [0.05, 0.1) is 6.61 Å². The van der Waals surface area contributed by atoms with Crippen LogP contribution in [0.25, 0.3) is 22.6 Å². The second-order valence-electron chi connectivity index (χ2n) is 6.39. The zero-order chi connectivity index (χ0) is 16.2. The molecule has 1 aliphatic carbocycles. The average molecular weight is 322 g/mol. The molecule has 0 spiro atoms. The molecule has 1 fully saturated rings. The van der Waals surface area contributed by atoms with E-state index in [1.165, 1.54) is 32.1 Å². The van der Waals surface area contributed by atoms with Crippen molar-refractivity contribution in [1.29, 1.82) is 0 Å². The van der Waals surface area contributed by atoms with Gasteiger partial charge in [0.25, 0.3) is 0 Å². The van der Waals surface area contributed by atoms with E-state index in [9.17, 15) is 0 Å². The van der Waals surface area contributed by atoms with E-state index in [0.29, 0.717) is 18.5 Å². The number of rotatable bonds is 5. The van der Waals surface area contributed by atoms with Crippen molar-refractivity contribution in [3.8, 4) is 11.5 Å². The van der Waals surface area contributed by atoms with Crippen LogP contribution in [0.3, 0.4) is 0 Å². The van der Waals surface area contributed by atoms with E-state index < -0.39 is 0 Å². The monoisotopic (exact) mass is 322 g/mol. The molecule has 0 saturated heterocycles. The van der Waals surface area contributed by atoms with Crippen LogP contribution < -0.4 is 5.48 Å². The van der Waals surface area contributed by atoms with Crippen molar-refractivity contribution in [1.82, 2.24) is 10.5 Å². The minimum atomic E-state index is 0.482. The topological polar surface area (TPSA) is 47.3 Å². The van der Waals surface area contributed by atoms with Gasteiger partial charge in [-0.15, -0.1) is 0 Å². The smallest absolute Gasteiger partial charge is 0.227 e. The van der Waals surface area contributed by atoms with Crippen molar-refractivity contribution >= 4 is 11.1 Å². The van der Waals surface area contributed by atoms with Crippen molar-refractivity contribution < 1.29 is 9.25 Å². The molecule has 0 amide bonds. The zero-order valence-electron chi connectivity index (χ0n) is 13.7. The molecule has 24 heavy (non-hydrogen) atoms. The summed E-state index contributed by atoms with van der Waals surface area (Å²) in [6.45, 7) is 0.505. The van der Waals surface area contributed by atoms with Crippen molar-refractivity contribution in [2.45, 2.75) is 44.8 Å². The molecule has 124 valence electrons. The Kier molecular flexibility index (Phi) is 4.58. The number of hydrogen-bond donors (Lipinski definition) is 1. The second-order valence-corrected chi connectivity index (χ2v) is 6.39. The lowest BCUT2D eigenvalue weighted by Crippen LogP contribution is -2.30. The molecule has 1 N–H and O–H groups in total. The summed E-state index contributed by atoms with van der Waals surface area (Å²) in [6, 6.07) is 16.4. The molecule has 0 bridgehead atoms. The SMILES string of the molecule is c1ccc(-c2nc3ccccc3o2)c(CONC2CCCCC2)c1. The van der Waals surface area contributed by atoms with E-state index in [1.807, 2.05) is 42.5 Å². The lowest BCUT2D eigenvalue weighted by molar-refractivity contribution is -0.00442. The van der Waals surface area contributed by atoms with Crippen LogP contribution >= 0.6 is 0 Å². The van der Waals surface area contributed by atoms with E-state index in [4.69, 9.17) is 9.25 Å². The third-order valence-electron chi connectivity index (χ3n) is 4.62. The van der Waals surface area contributed by atoms with Gasteiger partial charge in [-0.1, -0.05) is 49.6 Å². The molecule has 3 aromatic rings. The van der Waals surface area contributed by atoms with Crippen molar-refractivity contribution in [3.63, 3.8) is 0 Å². The summed E-state index contributed by atoms with van der Waals surface area (Å²) in [5, 5.41) is 0. The fraction of sp³-hybridized carbons (Fsp3) is 0.350.